The van der Waals surface area contributed by atoms with Gasteiger partial charge in [-0.05, 0) is 41.2 Å². The molecule has 0 radical (unpaired) electrons. The van der Waals surface area contributed by atoms with E-state index in [2.05, 4.69) is 65.6 Å². The molecule has 26 heavy (non-hydrogen) atoms. The Balaban J connectivity index is 1.68. The molecule has 1 aliphatic rings. The van der Waals surface area contributed by atoms with Gasteiger partial charge in [-0.2, -0.15) is 10.1 Å². The fraction of sp³-hybridized carbons (Fsp3) is 0.333. The third kappa shape index (κ3) is 3.05. The largest absolute Gasteiger partial charge is 0.497 e. The molecule has 1 aromatic heterocycles. The zero-order chi connectivity index (χ0) is 18.1. The third-order valence-corrected chi connectivity index (χ3v) is 5.11. The van der Waals surface area contributed by atoms with Gasteiger partial charge in [0.15, 0.2) is 0 Å². The maximum Gasteiger partial charge on any atom is 0.222 e. The predicted molar refractivity (Wildman–Crippen MR) is 103 cm³/mol. The van der Waals surface area contributed by atoms with Crippen molar-refractivity contribution >= 4 is 5.95 Å². The number of ether oxygens (including phenoxy) is 1. The SMILES string of the molecule is COc1cccc(C2CC(c3ccc(C(C)C)cc3)n3ncnc3N2)c1. The Bertz CT molecular complexity index is 885. The second-order valence-corrected chi connectivity index (χ2v) is 7.07. The second kappa shape index (κ2) is 6.83. The fourth-order valence-electron chi connectivity index (χ4n) is 3.58. The van der Waals surface area contributed by atoms with Gasteiger partial charge in [0.25, 0.3) is 0 Å². The number of hydrogen-bond acceptors (Lipinski definition) is 4. The molecule has 2 atom stereocenters. The smallest absolute Gasteiger partial charge is 0.222 e. The molecule has 5 heteroatoms. The summed E-state index contributed by atoms with van der Waals surface area (Å²) in [5.41, 5.74) is 3.81. The standard InChI is InChI=1S/C21H24N4O/c1-14(2)15-7-9-16(10-8-15)20-12-19(24-21-22-13-23-25(20)21)17-5-4-6-18(11-17)26-3/h4-11,13-14,19-20H,12H2,1-3H3,(H,22,23,24). The highest BCUT2D eigenvalue weighted by atomic mass is 16.5. The average Bonchev–Trinajstić information content (AvgIpc) is 3.16. The highest BCUT2D eigenvalue weighted by Gasteiger charge is 2.30. The van der Waals surface area contributed by atoms with Crippen LogP contribution in [0, 0.1) is 0 Å². The highest BCUT2D eigenvalue weighted by Crippen LogP contribution is 2.38. The number of aromatic nitrogens is 3. The molecule has 3 aromatic rings. The quantitative estimate of drug-likeness (QED) is 0.751. The number of rotatable bonds is 4. The molecule has 0 bridgehead atoms. The molecule has 5 nitrogen and oxygen atoms in total. The zero-order valence-corrected chi connectivity index (χ0v) is 15.4. The number of hydrogen-bond donors (Lipinski definition) is 1. The van der Waals surface area contributed by atoms with Crippen LogP contribution in [0.4, 0.5) is 5.95 Å². The summed E-state index contributed by atoms with van der Waals surface area (Å²) in [4.78, 5) is 4.41. The Labute approximate surface area is 154 Å². The lowest BCUT2D eigenvalue weighted by Crippen LogP contribution is -2.28. The van der Waals surface area contributed by atoms with Gasteiger partial charge in [-0.25, -0.2) is 4.68 Å². The van der Waals surface area contributed by atoms with Crippen LogP contribution in [0.5, 0.6) is 5.75 Å². The lowest BCUT2D eigenvalue weighted by molar-refractivity contribution is 0.410. The van der Waals surface area contributed by atoms with Gasteiger partial charge >= 0.3 is 0 Å². The van der Waals surface area contributed by atoms with Crippen molar-refractivity contribution in [3.05, 3.63) is 71.5 Å². The van der Waals surface area contributed by atoms with Crippen molar-refractivity contribution in [1.82, 2.24) is 14.8 Å². The number of anilines is 1. The van der Waals surface area contributed by atoms with Crippen molar-refractivity contribution < 1.29 is 4.74 Å². The second-order valence-electron chi connectivity index (χ2n) is 7.07. The molecule has 0 aliphatic carbocycles. The molecule has 134 valence electrons. The first-order valence-electron chi connectivity index (χ1n) is 9.05. The van der Waals surface area contributed by atoms with Gasteiger partial charge in [0.05, 0.1) is 19.2 Å². The van der Waals surface area contributed by atoms with Gasteiger partial charge in [-0.1, -0.05) is 50.2 Å². The first-order valence-corrected chi connectivity index (χ1v) is 9.05. The number of methoxy groups -OCH3 is 1. The topological polar surface area (TPSA) is 52.0 Å². The summed E-state index contributed by atoms with van der Waals surface area (Å²) < 4.78 is 7.37. The van der Waals surface area contributed by atoms with Crippen molar-refractivity contribution in [3.63, 3.8) is 0 Å². The maximum absolute atomic E-state index is 5.39. The van der Waals surface area contributed by atoms with E-state index in [0.717, 1.165) is 18.1 Å². The first kappa shape index (κ1) is 16.6. The van der Waals surface area contributed by atoms with Crippen LogP contribution in [0.2, 0.25) is 0 Å². The maximum atomic E-state index is 5.39. The van der Waals surface area contributed by atoms with Crippen molar-refractivity contribution in [2.75, 3.05) is 12.4 Å². The summed E-state index contributed by atoms with van der Waals surface area (Å²) in [5, 5.41) is 7.96. The van der Waals surface area contributed by atoms with Crippen LogP contribution in [-0.4, -0.2) is 21.9 Å². The van der Waals surface area contributed by atoms with E-state index in [9.17, 15) is 0 Å². The van der Waals surface area contributed by atoms with Crippen LogP contribution in [-0.2, 0) is 0 Å². The summed E-state index contributed by atoms with van der Waals surface area (Å²) in [6.07, 6.45) is 2.52. The van der Waals surface area contributed by atoms with E-state index in [1.54, 1.807) is 13.4 Å². The third-order valence-electron chi connectivity index (χ3n) is 5.11. The van der Waals surface area contributed by atoms with Crippen molar-refractivity contribution in [3.8, 4) is 5.75 Å². The molecule has 0 amide bonds. The molecule has 0 saturated carbocycles. The van der Waals surface area contributed by atoms with E-state index in [1.165, 1.54) is 16.7 Å². The van der Waals surface area contributed by atoms with E-state index in [4.69, 9.17) is 4.74 Å². The van der Waals surface area contributed by atoms with E-state index in [-0.39, 0.29) is 12.1 Å². The number of nitrogens with one attached hydrogen (secondary N) is 1. The lowest BCUT2D eigenvalue weighted by Gasteiger charge is -2.32. The van der Waals surface area contributed by atoms with Gasteiger partial charge in [-0.3, -0.25) is 0 Å². The highest BCUT2D eigenvalue weighted by molar-refractivity contribution is 5.40. The molecule has 4 rings (SSSR count). The van der Waals surface area contributed by atoms with Crippen LogP contribution in [0.1, 0.15) is 55.0 Å². The van der Waals surface area contributed by atoms with Gasteiger partial charge < -0.3 is 10.1 Å². The average molecular weight is 348 g/mol. The minimum atomic E-state index is 0.158. The minimum Gasteiger partial charge on any atom is -0.497 e. The molecule has 2 unspecified atom stereocenters. The Morgan fingerprint density at radius 2 is 1.92 bits per heavy atom. The summed E-state index contributed by atoms with van der Waals surface area (Å²) >= 11 is 0. The van der Waals surface area contributed by atoms with Crippen LogP contribution < -0.4 is 10.1 Å². The molecule has 1 N–H and O–H groups in total. The zero-order valence-electron chi connectivity index (χ0n) is 15.4. The van der Waals surface area contributed by atoms with E-state index >= 15 is 0 Å². The summed E-state index contributed by atoms with van der Waals surface area (Å²) in [7, 11) is 1.70. The fourth-order valence-corrected chi connectivity index (χ4v) is 3.58. The van der Waals surface area contributed by atoms with Gasteiger partial charge in [0.2, 0.25) is 5.95 Å². The molecular weight excluding hydrogens is 324 g/mol. The normalized spacial score (nSPS) is 19.1. The molecule has 0 fully saturated rings. The first-order chi connectivity index (χ1) is 12.7. The van der Waals surface area contributed by atoms with Crippen molar-refractivity contribution in [2.45, 2.75) is 38.3 Å². The molecular formula is C21H24N4O. The number of nitrogens with zero attached hydrogens (tertiary/aromatic N) is 3. The van der Waals surface area contributed by atoms with Gasteiger partial charge in [0, 0.05) is 0 Å². The number of benzene rings is 2. The Morgan fingerprint density at radius 1 is 1.12 bits per heavy atom. The van der Waals surface area contributed by atoms with E-state index in [1.807, 2.05) is 16.8 Å². The predicted octanol–water partition coefficient (Wildman–Crippen LogP) is 4.56. The van der Waals surface area contributed by atoms with Crippen molar-refractivity contribution in [1.29, 1.82) is 0 Å². The monoisotopic (exact) mass is 348 g/mol. The Hall–Kier alpha value is -2.82. The molecule has 1 aliphatic heterocycles. The molecule has 0 saturated heterocycles. The summed E-state index contributed by atoms with van der Waals surface area (Å²) in [5.74, 6) is 2.21. The Kier molecular flexibility index (Phi) is 4.37. The van der Waals surface area contributed by atoms with Crippen LogP contribution in [0.15, 0.2) is 54.9 Å². The van der Waals surface area contributed by atoms with E-state index < -0.39 is 0 Å². The minimum absolute atomic E-state index is 0.158. The van der Waals surface area contributed by atoms with Crippen LogP contribution in [0.3, 0.4) is 0 Å². The molecule has 2 heterocycles. The van der Waals surface area contributed by atoms with Crippen LogP contribution >= 0.6 is 0 Å². The van der Waals surface area contributed by atoms with Crippen LogP contribution in [0.25, 0.3) is 0 Å². The summed E-state index contributed by atoms with van der Waals surface area (Å²) in [6, 6.07) is 17.4. The summed E-state index contributed by atoms with van der Waals surface area (Å²) in [6.45, 7) is 4.43. The lowest BCUT2D eigenvalue weighted by atomic mass is 9.92. The Morgan fingerprint density at radius 3 is 2.65 bits per heavy atom. The van der Waals surface area contributed by atoms with Gasteiger partial charge in [-0.15, -0.1) is 0 Å². The number of fused-ring (bicyclic) bond motifs is 1. The molecule has 0 spiro atoms. The van der Waals surface area contributed by atoms with E-state index in [0.29, 0.717) is 5.92 Å². The van der Waals surface area contributed by atoms with Gasteiger partial charge in [0.1, 0.15) is 12.1 Å². The molecule has 2 aromatic carbocycles. The van der Waals surface area contributed by atoms with Crippen molar-refractivity contribution in [2.24, 2.45) is 0 Å².